The van der Waals surface area contributed by atoms with Crippen molar-refractivity contribution in [3.05, 3.63) is 51.6 Å². The van der Waals surface area contributed by atoms with E-state index in [0.29, 0.717) is 12.2 Å². The van der Waals surface area contributed by atoms with Crippen LogP contribution in [0.3, 0.4) is 0 Å². The second-order valence-electron chi connectivity index (χ2n) is 12.8. The highest BCUT2D eigenvalue weighted by molar-refractivity contribution is 5.99. The highest BCUT2D eigenvalue weighted by Crippen LogP contribution is 2.52. The molecule has 0 radical (unpaired) electrons. The lowest BCUT2D eigenvalue weighted by Gasteiger charge is -2.43. The molecule has 0 saturated heterocycles. The van der Waals surface area contributed by atoms with Crippen molar-refractivity contribution in [2.45, 2.75) is 77.2 Å². The molecule has 0 aromatic heterocycles. The zero-order chi connectivity index (χ0) is 25.3. The van der Waals surface area contributed by atoms with Gasteiger partial charge in [-0.05, 0) is 58.1 Å². The van der Waals surface area contributed by atoms with Gasteiger partial charge in [0.25, 0.3) is 0 Å². The monoisotopic (exact) mass is 478 g/mol. The number of quaternary nitrogens is 1. The number of nitrogens with zero attached hydrogens (tertiary/aromatic N) is 1. The van der Waals surface area contributed by atoms with Crippen molar-refractivity contribution in [3.8, 4) is 17.2 Å². The van der Waals surface area contributed by atoms with Crippen LogP contribution >= 0.6 is 0 Å². The van der Waals surface area contributed by atoms with Gasteiger partial charge in [0.2, 0.25) is 12.5 Å². The summed E-state index contributed by atoms with van der Waals surface area (Å²) in [6, 6.07) is 6.62. The Kier molecular flexibility index (Phi) is 5.52. The molecular formula is C30H40NO4+. The molecule has 0 amide bonds. The molecule has 5 heteroatoms. The van der Waals surface area contributed by atoms with E-state index in [1.807, 2.05) is 0 Å². The Morgan fingerprint density at radius 3 is 2.57 bits per heavy atom. The van der Waals surface area contributed by atoms with E-state index in [1.54, 1.807) is 7.11 Å². The molecule has 0 spiro atoms. The molecule has 1 unspecified atom stereocenters. The van der Waals surface area contributed by atoms with Crippen molar-refractivity contribution < 1.29 is 23.5 Å². The first-order valence-electron chi connectivity index (χ1n) is 12.9. The SMILES string of the molecule is COc1c2c(cc3c1C(CC(=O)c1cc(C(C)(C)C)cc4c1CCC4(C)C)[N+](C)(C)CC3)OCO2. The number of ether oxygens (including phenoxy) is 3. The highest BCUT2D eigenvalue weighted by Gasteiger charge is 2.43. The van der Waals surface area contributed by atoms with E-state index in [0.717, 1.165) is 52.9 Å². The van der Waals surface area contributed by atoms with Crippen LogP contribution in [-0.2, 0) is 23.7 Å². The number of hydrogen-bond acceptors (Lipinski definition) is 4. The maximum absolute atomic E-state index is 14.2. The fourth-order valence-corrected chi connectivity index (χ4v) is 6.20. The smallest absolute Gasteiger partial charge is 0.231 e. The first-order valence-corrected chi connectivity index (χ1v) is 12.9. The molecule has 5 rings (SSSR count). The van der Waals surface area contributed by atoms with Gasteiger partial charge in [0.15, 0.2) is 17.3 Å². The normalized spacial score (nSPS) is 21.4. The molecule has 2 aromatic rings. The van der Waals surface area contributed by atoms with Gasteiger partial charge in [0.1, 0.15) is 6.04 Å². The highest BCUT2D eigenvalue weighted by atomic mass is 16.7. The van der Waals surface area contributed by atoms with Crippen LogP contribution < -0.4 is 14.2 Å². The summed E-state index contributed by atoms with van der Waals surface area (Å²) >= 11 is 0. The van der Waals surface area contributed by atoms with E-state index in [-0.39, 0.29) is 29.4 Å². The minimum absolute atomic E-state index is 0.0148. The van der Waals surface area contributed by atoms with Gasteiger partial charge < -0.3 is 18.7 Å². The first kappa shape index (κ1) is 24.2. The van der Waals surface area contributed by atoms with Gasteiger partial charge in [-0.25, -0.2) is 0 Å². The number of Topliss-reactive ketones (excluding diaryl/α,β-unsaturated/α-hetero) is 1. The van der Waals surface area contributed by atoms with Crippen LogP contribution in [0.25, 0.3) is 0 Å². The maximum atomic E-state index is 14.2. The van der Waals surface area contributed by atoms with Crippen LogP contribution in [0.1, 0.15) is 91.7 Å². The minimum atomic E-state index is -0.0172. The molecular weight excluding hydrogens is 438 g/mol. The predicted molar refractivity (Wildman–Crippen MR) is 138 cm³/mol. The van der Waals surface area contributed by atoms with Crippen molar-refractivity contribution in [1.82, 2.24) is 0 Å². The van der Waals surface area contributed by atoms with Crippen LogP contribution in [0.5, 0.6) is 17.2 Å². The number of benzene rings is 2. The predicted octanol–water partition coefficient (Wildman–Crippen LogP) is 5.89. The fourth-order valence-electron chi connectivity index (χ4n) is 6.20. The van der Waals surface area contributed by atoms with Crippen molar-refractivity contribution in [2.24, 2.45) is 0 Å². The summed E-state index contributed by atoms with van der Waals surface area (Å²) in [5, 5.41) is 0. The Hall–Kier alpha value is -2.53. The lowest BCUT2D eigenvalue weighted by atomic mass is 9.78. The third kappa shape index (κ3) is 3.92. The first-order chi connectivity index (χ1) is 16.3. The molecule has 2 heterocycles. The number of likely N-dealkylation sites (N-methyl/N-ethyl adjacent to an activating group) is 1. The number of methoxy groups -OCH3 is 1. The van der Waals surface area contributed by atoms with Crippen molar-refractivity contribution in [2.75, 3.05) is 34.5 Å². The van der Waals surface area contributed by atoms with Gasteiger partial charge in [-0.2, -0.15) is 0 Å². The largest absolute Gasteiger partial charge is 0.492 e. The van der Waals surface area contributed by atoms with E-state index in [9.17, 15) is 4.79 Å². The molecule has 1 aliphatic carbocycles. The Balaban J connectivity index is 1.61. The van der Waals surface area contributed by atoms with E-state index >= 15 is 0 Å². The van der Waals surface area contributed by atoms with Crippen molar-refractivity contribution in [1.29, 1.82) is 0 Å². The average molecular weight is 479 g/mol. The van der Waals surface area contributed by atoms with E-state index < -0.39 is 0 Å². The summed E-state index contributed by atoms with van der Waals surface area (Å²) in [6.45, 7) is 12.5. The average Bonchev–Trinajstić information content (AvgIpc) is 3.37. The second-order valence-corrected chi connectivity index (χ2v) is 12.8. The Labute approximate surface area is 210 Å². The van der Waals surface area contributed by atoms with Crippen molar-refractivity contribution in [3.63, 3.8) is 0 Å². The molecule has 35 heavy (non-hydrogen) atoms. The summed E-state index contributed by atoms with van der Waals surface area (Å²) in [5.74, 6) is 2.38. The van der Waals surface area contributed by atoms with Crippen LogP contribution in [0, 0.1) is 0 Å². The summed E-state index contributed by atoms with van der Waals surface area (Å²) in [7, 11) is 6.14. The van der Waals surface area contributed by atoms with E-state index in [1.165, 1.54) is 22.3 Å². The molecule has 1 atom stereocenters. The van der Waals surface area contributed by atoms with Gasteiger partial charge in [0, 0.05) is 12.0 Å². The molecule has 188 valence electrons. The Morgan fingerprint density at radius 2 is 1.89 bits per heavy atom. The zero-order valence-electron chi connectivity index (χ0n) is 22.6. The number of fused-ring (bicyclic) bond motifs is 3. The van der Waals surface area contributed by atoms with Crippen LogP contribution in [0.15, 0.2) is 18.2 Å². The van der Waals surface area contributed by atoms with E-state index in [2.05, 4.69) is 66.9 Å². The number of hydrogen-bond donors (Lipinski definition) is 0. The molecule has 0 fully saturated rings. The lowest BCUT2D eigenvalue weighted by Crippen LogP contribution is -2.48. The van der Waals surface area contributed by atoms with Gasteiger partial charge in [-0.1, -0.05) is 40.7 Å². The quantitative estimate of drug-likeness (QED) is 0.406. The molecule has 3 aliphatic rings. The number of rotatable bonds is 4. The summed E-state index contributed by atoms with van der Waals surface area (Å²) in [6.07, 6.45) is 3.41. The fraction of sp³-hybridized carbons (Fsp3) is 0.567. The molecule has 5 nitrogen and oxygen atoms in total. The van der Waals surface area contributed by atoms with E-state index in [4.69, 9.17) is 14.2 Å². The molecule has 0 bridgehead atoms. The summed E-state index contributed by atoms with van der Waals surface area (Å²) < 4.78 is 18.1. The van der Waals surface area contributed by atoms with Crippen LogP contribution in [-0.4, -0.2) is 44.8 Å². The topological polar surface area (TPSA) is 44.8 Å². The number of carbonyl (C=O) groups excluding carboxylic acids is 1. The summed E-state index contributed by atoms with van der Waals surface area (Å²) in [4.78, 5) is 14.2. The molecule has 0 N–H and O–H groups in total. The maximum Gasteiger partial charge on any atom is 0.231 e. The molecule has 0 saturated carbocycles. The van der Waals surface area contributed by atoms with Crippen LogP contribution in [0.4, 0.5) is 0 Å². The van der Waals surface area contributed by atoms with Crippen LogP contribution in [0.2, 0.25) is 0 Å². The minimum Gasteiger partial charge on any atom is -0.492 e. The van der Waals surface area contributed by atoms with Gasteiger partial charge in [-0.3, -0.25) is 4.79 Å². The number of ketones is 1. The second kappa shape index (κ2) is 7.99. The number of carbonyl (C=O) groups is 1. The van der Waals surface area contributed by atoms with Crippen molar-refractivity contribution >= 4 is 5.78 Å². The standard InChI is InChI=1S/C30H40NO4/c1-29(2,3)19-14-21(20-9-11-30(4,5)22(20)15-19)24(32)16-23-26-18(10-12-31(23,6)7)13-25-27(28(26)33-8)35-17-34-25/h13-15,23H,9-12,16-17H2,1-8H3/q+1. The van der Waals surface area contributed by atoms with Gasteiger partial charge in [0.05, 0.1) is 39.7 Å². The third-order valence-corrected chi connectivity index (χ3v) is 8.61. The zero-order valence-corrected chi connectivity index (χ0v) is 22.6. The Bertz CT molecular complexity index is 1200. The van der Waals surface area contributed by atoms with Gasteiger partial charge in [-0.15, -0.1) is 0 Å². The Morgan fingerprint density at radius 1 is 1.14 bits per heavy atom. The molecule has 2 aliphatic heterocycles. The molecule has 2 aromatic carbocycles. The third-order valence-electron chi connectivity index (χ3n) is 8.61. The van der Waals surface area contributed by atoms with Gasteiger partial charge >= 0.3 is 0 Å². The summed E-state index contributed by atoms with van der Waals surface area (Å²) in [5.41, 5.74) is 7.16. The lowest BCUT2D eigenvalue weighted by molar-refractivity contribution is -0.922.